The molecule has 0 fully saturated rings. The summed E-state index contributed by atoms with van der Waals surface area (Å²) in [7, 11) is 5.57. The van der Waals surface area contributed by atoms with Crippen molar-refractivity contribution in [2.45, 2.75) is 13.5 Å². The summed E-state index contributed by atoms with van der Waals surface area (Å²) >= 11 is 0. The third kappa shape index (κ3) is 5.45. The minimum atomic E-state index is -0.133. The minimum Gasteiger partial charge on any atom is -0.497 e. The van der Waals surface area contributed by atoms with E-state index in [4.69, 9.17) is 4.74 Å². The summed E-state index contributed by atoms with van der Waals surface area (Å²) < 4.78 is 6.87. The topological polar surface area (TPSA) is 98.8 Å². The van der Waals surface area contributed by atoms with Crippen molar-refractivity contribution in [3.05, 3.63) is 83.3 Å². The van der Waals surface area contributed by atoms with Gasteiger partial charge in [0.1, 0.15) is 11.8 Å². The number of amides is 1. The summed E-state index contributed by atoms with van der Waals surface area (Å²) in [6.45, 7) is 3.69. The number of aryl methyl sites for hydroxylation is 1. The summed E-state index contributed by atoms with van der Waals surface area (Å²) in [6.07, 6.45) is 1.52. The van der Waals surface area contributed by atoms with Gasteiger partial charge in [0.25, 0.3) is 5.91 Å². The van der Waals surface area contributed by atoms with Crippen LogP contribution in [0.4, 0.5) is 11.4 Å². The number of hydrogen-bond donors (Lipinski definition) is 1. The predicted molar refractivity (Wildman–Crippen MR) is 139 cm³/mol. The van der Waals surface area contributed by atoms with Crippen LogP contribution in [-0.2, 0) is 6.54 Å². The Morgan fingerprint density at radius 1 is 1.17 bits per heavy atom. The first-order chi connectivity index (χ1) is 17.4. The van der Waals surface area contributed by atoms with E-state index < -0.39 is 0 Å². The molecule has 0 bridgehead atoms. The summed E-state index contributed by atoms with van der Waals surface area (Å²) in [6, 6.07) is 19.4. The zero-order chi connectivity index (χ0) is 25.7. The maximum absolute atomic E-state index is 12.9. The molecule has 4 aromatic rings. The highest BCUT2D eigenvalue weighted by Crippen LogP contribution is 2.32. The molecule has 2 aromatic heterocycles. The van der Waals surface area contributed by atoms with Crippen LogP contribution < -0.4 is 15.0 Å². The maximum Gasteiger partial charge on any atom is 0.251 e. The number of benzene rings is 2. The average molecular weight is 484 g/mol. The third-order valence-electron chi connectivity index (χ3n) is 5.74. The number of imidazole rings is 1. The van der Waals surface area contributed by atoms with Crippen molar-refractivity contribution in [3.8, 4) is 11.8 Å². The van der Waals surface area contributed by atoms with Gasteiger partial charge in [0, 0.05) is 30.9 Å². The molecule has 2 aromatic carbocycles. The van der Waals surface area contributed by atoms with Crippen LogP contribution in [-0.4, -0.2) is 59.7 Å². The first-order valence-electron chi connectivity index (χ1n) is 11.6. The fourth-order valence-corrected chi connectivity index (χ4v) is 3.88. The molecule has 1 amide bonds. The summed E-state index contributed by atoms with van der Waals surface area (Å²) in [5.41, 5.74) is 4.86. The molecule has 9 heteroatoms. The number of carbonyl (C=O) groups excluding carboxylic acids is 1. The highest BCUT2D eigenvalue weighted by atomic mass is 16.5. The molecule has 4 rings (SSSR count). The number of rotatable bonds is 9. The molecule has 0 aliphatic carbocycles. The van der Waals surface area contributed by atoms with Crippen molar-refractivity contribution in [2.75, 3.05) is 39.2 Å². The van der Waals surface area contributed by atoms with Crippen molar-refractivity contribution >= 4 is 22.9 Å². The van der Waals surface area contributed by atoms with Gasteiger partial charge >= 0.3 is 0 Å². The van der Waals surface area contributed by atoms with E-state index >= 15 is 0 Å². The van der Waals surface area contributed by atoms with E-state index in [2.05, 4.69) is 26.4 Å². The van der Waals surface area contributed by atoms with Crippen molar-refractivity contribution in [2.24, 2.45) is 0 Å². The van der Waals surface area contributed by atoms with Gasteiger partial charge in [-0.1, -0.05) is 18.2 Å². The lowest BCUT2D eigenvalue weighted by atomic mass is 10.1. The van der Waals surface area contributed by atoms with Gasteiger partial charge in [-0.15, -0.1) is 0 Å². The second kappa shape index (κ2) is 10.9. The Bertz CT molecular complexity index is 1400. The molecule has 0 aliphatic rings. The standard InChI is InChI=1S/C27H29N7O2/c1-19-14-25(26-30-17-23(16-28)34(26)31-19)33(18-20-8-10-24(36-4)11-9-20)22-7-5-6-21(15-22)27(35)29-12-13-32(2)3/h5-11,14-15,17H,12-13,18H2,1-4H3,(H,29,35). The number of ether oxygens (including phenoxy) is 1. The SMILES string of the molecule is COc1ccc(CN(c2cccc(C(=O)NCCN(C)C)c2)c2cc(C)nn3c(C#N)cnc23)cc1. The molecule has 0 radical (unpaired) electrons. The fourth-order valence-electron chi connectivity index (χ4n) is 3.88. The highest BCUT2D eigenvalue weighted by molar-refractivity contribution is 5.95. The zero-order valence-corrected chi connectivity index (χ0v) is 20.9. The Morgan fingerprint density at radius 2 is 1.94 bits per heavy atom. The van der Waals surface area contributed by atoms with E-state index in [0.717, 1.165) is 34.9 Å². The van der Waals surface area contributed by atoms with Crippen LogP contribution >= 0.6 is 0 Å². The Morgan fingerprint density at radius 3 is 2.64 bits per heavy atom. The molecule has 1 N–H and O–H groups in total. The fraction of sp³-hybridized carbons (Fsp3) is 0.259. The number of anilines is 2. The Hall–Kier alpha value is -4.42. The molecule has 0 atom stereocenters. The summed E-state index contributed by atoms with van der Waals surface area (Å²) in [5.74, 6) is 0.641. The lowest BCUT2D eigenvalue weighted by molar-refractivity contribution is 0.0951. The van der Waals surface area contributed by atoms with Crippen LogP contribution in [0.2, 0.25) is 0 Å². The number of nitrogens with zero attached hydrogens (tertiary/aromatic N) is 6. The van der Waals surface area contributed by atoms with E-state index in [-0.39, 0.29) is 5.91 Å². The maximum atomic E-state index is 12.9. The molecule has 0 saturated carbocycles. The van der Waals surface area contributed by atoms with Crippen LogP contribution in [0.1, 0.15) is 27.3 Å². The molecule has 36 heavy (non-hydrogen) atoms. The second-order valence-electron chi connectivity index (χ2n) is 8.71. The molecule has 0 unspecified atom stereocenters. The molecule has 0 saturated heterocycles. The lowest BCUT2D eigenvalue weighted by Gasteiger charge is -2.26. The molecule has 0 aliphatic heterocycles. The number of carbonyl (C=O) groups is 1. The van der Waals surface area contributed by atoms with Gasteiger partial charge in [0.2, 0.25) is 0 Å². The number of nitriles is 1. The molecular formula is C27H29N7O2. The van der Waals surface area contributed by atoms with Gasteiger partial charge in [0.05, 0.1) is 24.7 Å². The molecule has 0 spiro atoms. The van der Waals surface area contributed by atoms with E-state index in [9.17, 15) is 10.1 Å². The Balaban J connectivity index is 1.77. The molecule has 2 heterocycles. The van der Waals surface area contributed by atoms with Crippen LogP contribution in [0.3, 0.4) is 0 Å². The number of nitrogens with one attached hydrogen (secondary N) is 1. The highest BCUT2D eigenvalue weighted by Gasteiger charge is 2.19. The molecular weight excluding hydrogens is 454 g/mol. The van der Waals surface area contributed by atoms with Gasteiger partial charge in [-0.05, 0) is 63.0 Å². The van der Waals surface area contributed by atoms with Crippen LogP contribution in [0.15, 0.2) is 60.8 Å². The number of fused-ring (bicyclic) bond motifs is 1. The second-order valence-corrected chi connectivity index (χ2v) is 8.71. The minimum absolute atomic E-state index is 0.133. The van der Waals surface area contributed by atoms with E-state index in [1.165, 1.54) is 6.20 Å². The zero-order valence-electron chi connectivity index (χ0n) is 20.9. The first-order valence-corrected chi connectivity index (χ1v) is 11.6. The van der Waals surface area contributed by atoms with E-state index in [1.807, 2.05) is 74.4 Å². The summed E-state index contributed by atoms with van der Waals surface area (Å²) in [5, 5.41) is 17.0. The number of aromatic nitrogens is 3. The van der Waals surface area contributed by atoms with Gasteiger partial charge in [-0.2, -0.15) is 10.4 Å². The first kappa shape index (κ1) is 24.7. The van der Waals surface area contributed by atoms with Crippen molar-refractivity contribution in [3.63, 3.8) is 0 Å². The normalized spacial score (nSPS) is 10.9. The predicted octanol–water partition coefficient (Wildman–Crippen LogP) is 3.55. The van der Waals surface area contributed by atoms with E-state index in [0.29, 0.717) is 30.0 Å². The van der Waals surface area contributed by atoms with Gasteiger partial charge in [-0.3, -0.25) is 4.79 Å². The number of hydrogen-bond acceptors (Lipinski definition) is 7. The largest absolute Gasteiger partial charge is 0.497 e. The average Bonchev–Trinajstić information content (AvgIpc) is 3.30. The number of likely N-dealkylation sites (N-methyl/N-ethyl adjacent to an activating group) is 1. The molecule has 9 nitrogen and oxygen atoms in total. The van der Waals surface area contributed by atoms with Crippen LogP contribution in [0.25, 0.3) is 5.65 Å². The lowest BCUT2D eigenvalue weighted by Crippen LogP contribution is -2.31. The van der Waals surface area contributed by atoms with E-state index in [1.54, 1.807) is 17.7 Å². The van der Waals surface area contributed by atoms with Crippen molar-refractivity contribution in [1.29, 1.82) is 5.26 Å². The van der Waals surface area contributed by atoms with Gasteiger partial charge in [0.15, 0.2) is 11.3 Å². The quantitative estimate of drug-likeness (QED) is 0.389. The summed E-state index contributed by atoms with van der Waals surface area (Å²) in [4.78, 5) is 21.4. The Labute approximate surface area is 210 Å². The van der Waals surface area contributed by atoms with Gasteiger partial charge in [-0.25, -0.2) is 9.50 Å². The van der Waals surface area contributed by atoms with Crippen LogP contribution in [0, 0.1) is 18.3 Å². The smallest absolute Gasteiger partial charge is 0.251 e. The van der Waals surface area contributed by atoms with Crippen molar-refractivity contribution in [1.82, 2.24) is 24.8 Å². The van der Waals surface area contributed by atoms with Gasteiger partial charge < -0.3 is 19.9 Å². The number of methoxy groups -OCH3 is 1. The van der Waals surface area contributed by atoms with Crippen molar-refractivity contribution < 1.29 is 9.53 Å². The molecule has 184 valence electrons. The Kier molecular flexibility index (Phi) is 7.47. The third-order valence-corrected chi connectivity index (χ3v) is 5.74. The monoisotopic (exact) mass is 483 g/mol. The van der Waals surface area contributed by atoms with Crippen LogP contribution in [0.5, 0.6) is 5.75 Å².